The maximum Gasteiger partial charge on any atom is 0.285 e. The molecule has 8 heteroatoms. The highest BCUT2D eigenvalue weighted by Crippen LogP contribution is 2.35. The van der Waals surface area contributed by atoms with Gasteiger partial charge >= 0.3 is 0 Å². The Morgan fingerprint density at radius 3 is 2.25 bits per heavy atom. The zero-order valence-corrected chi connectivity index (χ0v) is 16.3. The van der Waals surface area contributed by atoms with E-state index in [0.717, 1.165) is 23.1 Å². The van der Waals surface area contributed by atoms with Crippen molar-refractivity contribution >= 4 is 32.2 Å². The maximum absolute atomic E-state index is 12.8. The molecule has 7 nitrogen and oxygen atoms in total. The van der Waals surface area contributed by atoms with Gasteiger partial charge in [0.25, 0.3) is 15.9 Å². The first-order chi connectivity index (χ1) is 13.5. The van der Waals surface area contributed by atoms with E-state index in [4.69, 9.17) is 4.74 Å². The van der Waals surface area contributed by atoms with Crippen LogP contribution >= 0.6 is 0 Å². The van der Waals surface area contributed by atoms with E-state index < -0.39 is 15.9 Å². The molecule has 0 saturated carbocycles. The van der Waals surface area contributed by atoms with Crippen LogP contribution in [0.1, 0.15) is 5.56 Å². The van der Waals surface area contributed by atoms with Gasteiger partial charge in [0.1, 0.15) is 10.6 Å². The average molecular weight is 399 g/mol. The summed E-state index contributed by atoms with van der Waals surface area (Å²) < 4.78 is 31.7. The Kier molecular flexibility index (Phi) is 4.82. The van der Waals surface area contributed by atoms with Gasteiger partial charge in [-0.2, -0.15) is 0 Å². The number of carbonyl (C=O) groups is 1. The molecule has 146 valence electrons. The summed E-state index contributed by atoms with van der Waals surface area (Å²) in [4.78, 5) is 14.8. The van der Waals surface area contributed by atoms with Crippen LogP contribution in [0.25, 0.3) is 4.91 Å². The maximum atomic E-state index is 12.8. The highest BCUT2D eigenvalue weighted by Gasteiger charge is 2.42. The Balaban J connectivity index is 1.67. The number of anilines is 2. The van der Waals surface area contributed by atoms with Crippen LogP contribution in [-0.2, 0) is 19.6 Å². The number of hydrogen-bond acceptors (Lipinski definition) is 6. The van der Waals surface area contributed by atoms with Gasteiger partial charge in [-0.15, -0.1) is 0 Å². The van der Waals surface area contributed by atoms with E-state index in [-0.39, 0.29) is 10.6 Å². The van der Waals surface area contributed by atoms with Crippen molar-refractivity contribution in [1.82, 2.24) is 4.31 Å². The van der Waals surface area contributed by atoms with Crippen molar-refractivity contribution in [3.63, 3.8) is 0 Å². The number of rotatable bonds is 4. The molecule has 0 radical (unpaired) electrons. The van der Waals surface area contributed by atoms with Crippen molar-refractivity contribution < 1.29 is 17.9 Å². The van der Waals surface area contributed by atoms with E-state index in [1.165, 1.54) is 7.05 Å². The summed E-state index contributed by atoms with van der Waals surface area (Å²) in [6.07, 6.45) is 0. The SMILES string of the molecule is CN1C(=O)C(Nc2ccc(N3CCOCC3)cc2)=C(c2ccccc2)S1(=O)=O. The monoisotopic (exact) mass is 399 g/mol. The molecule has 2 aliphatic rings. The van der Waals surface area contributed by atoms with Crippen LogP contribution < -0.4 is 10.2 Å². The van der Waals surface area contributed by atoms with Crippen molar-refractivity contribution in [3.8, 4) is 0 Å². The van der Waals surface area contributed by atoms with Gasteiger partial charge in [0.2, 0.25) is 0 Å². The molecule has 0 spiro atoms. The molecule has 28 heavy (non-hydrogen) atoms. The minimum absolute atomic E-state index is 0.00199. The standard InChI is InChI=1S/C20H21N3O4S/c1-22-20(24)18(19(28(22,25)26)15-5-3-2-4-6-15)21-16-7-9-17(10-8-16)23-11-13-27-14-12-23/h2-10,21H,11-14H2,1H3. The lowest BCUT2D eigenvalue weighted by Crippen LogP contribution is -2.36. The fourth-order valence-electron chi connectivity index (χ4n) is 3.34. The molecule has 2 aromatic rings. The third-order valence-corrected chi connectivity index (χ3v) is 6.74. The second-order valence-corrected chi connectivity index (χ2v) is 8.53. The Hall–Kier alpha value is -2.84. The van der Waals surface area contributed by atoms with E-state index in [1.807, 2.05) is 24.3 Å². The van der Waals surface area contributed by atoms with Gasteiger partial charge in [0.15, 0.2) is 0 Å². The zero-order valence-electron chi connectivity index (χ0n) is 15.5. The lowest BCUT2D eigenvalue weighted by atomic mass is 10.1. The van der Waals surface area contributed by atoms with Crippen LogP contribution in [0.15, 0.2) is 60.3 Å². The molecule has 1 fully saturated rings. The van der Waals surface area contributed by atoms with Crippen molar-refractivity contribution in [2.24, 2.45) is 0 Å². The molecule has 4 rings (SSSR count). The summed E-state index contributed by atoms with van der Waals surface area (Å²) in [5.41, 5.74) is 2.26. The van der Waals surface area contributed by atoms with E-state index in [0.29, 0.717) is 24.5 Å². The van der Waals surface area contributed by atoms with Gasteiger partial charge in [0, 0.05) is 31.5 Å². The minimum Gasteiger partial charge on any atom is -0.378 e. The predicted molar refractivity (Wildman–Crippen MR) is 108 cm³/mol. The number of carbonyl (C=O) groups excluding carboxylic acids is 1. The van der Waals surface area contributed by atoms with Crippen LogP contribution in [0, 0.1) is 0 Å². The van der Waals surface area contributed by atoms with Gasteiger partial charge < -0.3 is 15.0 Å². The normalized spacial score (nSPS) is 19.2. The number of hydrogen-bond donors (Lipinski definition) is 1. The van der Waals surface area contributed by atoms with E-state index in [9.17, 15) is 13.2 Å². The quantitative estimate of drug-likeness (QED) is 0.848. The van der Waals surface area contributed by atoms with Crippen molar-refractivity contribution in [2.45, 2.75) is 0 Å². The molecule has 1 saturated heterocycles. The molecule has 0 unspecified atom stereocenters. The smallest absolute Gasteiger partial charge is 0.285 e. The van der Waals surface area contributed by atoms with Crippen LogP contribution in [0.3, 0.4) is 0 Å². The molecule has 0 atom stereocenters. The van der Waals surface area contributed by atoms with Crippen molar-refractivity contribution in [2.75, 3.05) is 43.6 Å². The second kappa shape index (κ2) is 7.29. The minimum atomic E-state index is -3.88. The fourth-order valence-corrected chi connectivity index (χ4v) is 4.76. The first kappa shape index (κ1) is 18.5. The number of likely N-dealkylation sites (N-methyl/N-ethyl adjacent to an activating group) is 1. The Labute approximate surface area is 164 Å². The lowest BCUT2D eigenvalue weighted by molar-refractivity contribution is -0.121. The molecule has 1 amide bonds. The molecular formula is C20H21N3O4S. The second-order valence-electron chi connectivity index (χ2n) is 6.62. The summed E-state index contributed by atoms with van der Waals surface area (Å²) in [5.74, 6) is -0.573. The highest BCUT2D eigenvalue weighted by atomic mass is 32.2. The molecule has 2 aliphatic heterocycles. The van der Waals surface area contributed by atoms with Gasteiger partial charge in [0.05, 0.1) is 13.2 Å². The first-order valence-electron chi connectivity index (χ1n) is 9.01. The van der Waals surface area contributed by atoms with Gasteiger partial charge in [-0.3, -0.25) is 4.79 Å². The average Bonchev–Trinajstić information content (AvgIpc) is 2.89. The predicted octanol–water partition coefficient (Wildman–Crippen LogP) is 2.11. The zero-order chi connectivity index (χ0) is 19.7. The van der Waals surface area contributed by atoms with Crippen LogP contribution in [0.5, 0.6) is 0 Å². The Bertz CT molecular complexity index is 1010. The summed E-state index contributed by atoms with van der Waals surface area (Å²) in [6, 6.07) is 16.3. The molecule has 0 aliphatic carbocycles. The molecule has 2 aromatic carbocycles. The number of amides is 1. The van der Waals surface area contributed by atoms with Crippen LogP contribution in [-0.4, -0.2) is 52.0 Å². The number of sulfonamides is 1. The molecule has 0 aromatic heterocycles. The molecule has 2 heterocycles. The summed E-state index contributed by atoms with van der Waals surface area (Å²) in [5, 5.41) is 3.02. The first-order valence-corrected chi connectivity index (χ1v) is 10.5. The number of morpholine rings is 1. The van der Waals surface area contributed by atoms with Gasteiger partial charge in [-0.1, -0.05) is 30.3 Å². The number of nitrogens with one attached hydrogen (secondary N) is 1. The van der Waals surface area contributed by atoms with E-state index >= 15 is 0 Å². The largest absolute Gasteiger partial charge is 0.378 e. The Morgan fingerprint density at radius 2 is 1.61 bits per heavy atom. The van der Waals surface area contributed by atoms with E-state index in [2.05, 4.69) is 10.2 Å². The van der Waals surface area contributed by atoms with Crippen LogP contribution in [0.4, 0.5) is 11.4 Å². The molecule has 1 N–H and O–H groups in total. The van der Waals surface area contributed by atoms with Crippen LogP contribution in [0.2, 0.25) is 0 Å². The topological polar surface area (TPSA) is 79.0 Å². The third kappa shape index (κ3) is 3.25. The summed E-state index contributed by atoms with van der Waals surface area (Å²) in [6.45, 7) is 3.06. The van der Waals surface area contributed by atoms with Crippen molar-refractivity contribution in [1.29, 1.82) is 0 Å². The molecule has 0 bridgehead atoms. The Morgan fingerprint density at radius 1 is 0.964 bits per heavy atom. The number of nitrogens with zero attached hydrogens (tertiary/aromatic N) is 2. The lowest BCUT2D eigenvalue weighted by Gasteiger charge is -2.28. The summed E-state index contributed by atoms with van der Waals surface area (Å²) >= 11 is 0. The van der Waals surface area contributed by atoms with E-state index in [1.54, 1.807) is 30.3 Å². The molecular weight excluding hydrogens is 378 g/mol. The highest BCUT2D eigenvalue weighted by molar-refractivity contribution is 7.99. The van der Waals surface area contributed by atoms with Gasteiger partial charge in [-0.25, -0.2) is 12.7 Å². The fraction of sp³-hybridized carbons (Fsp3) is 0.250. The van der Waals surface area contributed by atoms with Crippen molar-refractivity contribution in [3.05, 3.63) is 65.9 Å². The third-order valence-electron chi connectivity index (χ3n) is 4.89. The van der Waals surface area contributed by atoms with Gasteiger partial charge in [-0.05, 0) is 29.8 Å². The number of benzene rings is 2. The summed E-state index contributed by atoms with van der Waals surface area (Å²) in [7, 11) is -2.61. The number of ether oxygens (including phenoxy) is 1.